The number of benzene rings is 3. The third-order valence-corrected chi connectivity index (χ3v) is 5.42. The molecule has 1 amide bonds. The van der Waals surface area contributed by atoms with Crippen LogP contribution in [0.1, 0.15) is 15.9 Å². The zero-order chi connectivity index (χ0) is 22.4. The van der Waals surface area contributed by atoms with Crippen LogP contribution >= 0.6 is 11.6 Å². The molecule has 1 N–H and O–H groups in total. The van der Waals surface area contributed by atoms with Gasteiger partial charge in [-0.3, -0.25) is 14.9 Å². The third kappa shape index (κ3) is 5.87. The van der Waals surface area contributed by atoms with E-state index in [1.807, 2.05) is 0 Å². The van der Waals surface area contributed by atoms with E-state index < -0.39 is 20.9 Å². The summed E-state index contributed by atoms with van der Waals surface area (Å²) in [5.41, 5.74) is 3.11. The highest BCUT2D eigenvalue weighted by Crippen LogP contribution is 2.21. The highest BCUT2D eigenvalue weighted by molar-refractivity contribution is 7.87. The van der Waals surface area contributed by atoms with Gasteiger partial charge in [-0.1, -0.05) is 11.6 Å². The number of nitrogens with one attached hydrogen (secondary N) is 1. The van der Waals surface area contributed by atoms with Crippen molar-refractivity contribution in [3.63, 3.8) is 0 Å². The molecular weight excluding hydrogens is 446 g/mol. The first kappa shape index (κ1) is 21.9. The lowest BCUT2D eigenvalue weighted by molar-refractivity contribution is -0.384. The fourth-order valence-electron chi connectivity index (χ4n) is 2.35. The van der Waals surface area contributed by atoms with Gasteiger partial charge in [-0.25, -0.2) is 5.43 Å². The summed E-state index contributed by atoms with van der Waals surface area (Å²) < 4.78 is 29.6. The highest BCUT2D eigenvalue weighted by atomic mass is 35.5. The molecular formula is C20H14ClN3O6S. The van der Waals surface area contributed by atoms with Gasteiger partial charge in [0.05, 0.1) is 11.1 Å². The maximum Gasteiger partial charge on any atom is 0.339 e. The quantitative estimate of drug-likeness (QED) is 0.248. The number of nitrogens with zero attached hydrogens (tertiary/aromatic N) is 2. The van der Waals surface area contributed by atoms with Crippen molar-refractivity contribution >= 4 is 39.5 Å². The molecule has 0 radical (unpaired) electrons. The van der Waals surface area contributed by atoms with Crippen molar-refractivity contribution in [2.24, 2.45) is 5.10 Å². The Hall–Kier alpha value is -3.76. The first-order valence-corrected chi connectivity index (χ1v) is 10.4. The summed E-state index contributed by atoms with van der Waals surface area (Å²) in [6, 6.07) is 16.5. The summed E-state index contributed by atoms with van der Waals surface area (Å²) >= 11 is 5.77. The van der Waals surface area contributed by atoms with Crippen LogP contribution in [0.5, 0.6) is 5.75 Å². The first-order valence-electron chi connectivity index (χ1n) is 8.62. The predicted octanol–water partition coefficient (Wildman–Crippen LogP) is 3.78. The number of halogens is 1. The molecule has 0 saturated carbocycles. The van der Waals surface area contributed by atoms with E-state index in [9.17, 15) is 23.3 Å². The first-order chi connectivity index (χ1) is 14.7. The van der Waals surface area contributed by atoms with E-state index in [0.717, 1.165) is 24.3 Å². The molecule has 0 unspecified atom stereocenters. The minimum atomic E-state index is -4.15. The second-order valence-corrected chi connectivity index (χ2v) is 8.05. The summed E-state index contributed by atoms with van der Waals surface area (Å²) in [4.78, 5) is 21.8. The molecule has 3 aromatic carbocycles. The molecule has 0 saturated heterocycles. The van der Waals surface area contributed by atoms with Gasteiger partial charge in [0, 0.05) is 22.7 Å². The van der Waals surface area contributed by atoms with Gasteiger partial charge < -0.3 is 4.18 Å². The second kappa shape index (κ2) is 9.37. The standard InChI is InChI=1S/C20H14ClN3O6S/c21-16-5-3-15(4-6-16)20(25)23-22-13-14-1-9-18(10-2-14)30-31(28,29)19-11-7-17(8-12-19)24(26)27/h1-13H,(H,23,25)/b22-13+. The number of nitro groups is 1. The summed E-state index contributed by atoms with van der Waals surface area (Å²) in [6.45, 7) is 0. The molecule has 0 spiro atoms. The summed E-state index contributed by atoms with van der Waals surface area (Å²) in [5.74, 6) is -0.372. The number of amides is 1. The van der Waals surface area contributed by atoms with E-state index in [0.29, 0.717) is 16.1 Å². The van der Waals surface area contributed by atoms with Gasteiger partial charge in [0.2, 0.25) is 0 Å². The SMILES string of the molecule is O=C(N/N=C/c1ccc(OS(=O)(=O)c2ccc([N+](=O)[O-])cc2)cc1)c1ccc(Cl)cc1. The molecule has 0 heterocycles. The Morgan fingerprint density at radius 1 is 1.00 bits per heavy atom. The van der Waals surface area contributed by atoms with Crippen molar-refractivity contribution in [2.75, 3.05) is 0 Å². The Kier molecular flexibility index (Phi) is 6.63. The van der Waals surface area contributed by atoms with Crippen molar-refractivity contribution in [1.29, 1.82) is 0 Å². The lowest BCUT2D eigenvalue weighted by Crippen LogP contribution is -2.17. The number of hydrazone groups is 1. The largest absolute Gasteiger partial charge is 0.379 e. The van der Waals surface area contributed by atoms with Gasteiger partial charge >= 0.3 is 10.1 Å². The summed E-state index contributed by atoms with van der Waals surface area (Å²) in [6.07, 6.45) is 1.38. The van der Waals surface area contributed by atoms with Crippen molar-refractivity contribution < 1.29 is 22.3 Å². The molecule has 9 nitrogen and oxygen atoms in total. The molecule has 158 valence electrons. The monoisotopic (exact) mass is 459 g/mol. The maximum atomic E-state index is 12.3. The van der Waals surface area contributed by atoms with Gasteiger partial charge in [0.25, 0.3) is 11.6 Å². The Morgan fingerprint density at radius 2 is 1.61 bits per heavy atom. The number of rotatable bonds is 7. The highest BCUT2D eigenvalue weighted by Gasteiger charge is 2.18. The summed E-state index contributed by atoms with van der Waals surface area (Å²) in [7, 11) is -4.15. The van der Waals surface area contributed by atoms with Crippen molar-refractivity contribution in [3.8, 4) is 5.75 Å². The lowest BCUT2D eigenvalue weighted by Gasteiger charge is -2.07. The number of hydrogen-bond acceptors (Lipinski definition) is 7. The second-order valence-electron chi connectivity index (χ2n) is 6.06. The molecule has 0 aliphatic carbocycles. The fraction of sp³-hybridized carbons (Fsp3) is 0. The van der Waals surface area contributed by atoms with Crippen molar-refractivity contribution in [2.45, 2.75) is 4.90 Å². The topological polar surface area (TPSA) is 128 Å². The van der Waals surface area contributed by atoms with Crippen LogP contribution in [0, 0.1) is 10.1 Å². The van der Waals surface area contributed by atoms with E-state index in [1.54, 1.807) is 36.4 Å². The molecule has 0 aliphatic heterocycles. The van der Waals surface area contributed by atoms with Gasteiger partial charge in [0.1, 0.15) is 10.6 Å². The van der Waals surface area contributed by atoms with Crippen LogP contribution in [0.2, 0.25) is 5.02 Å². The molecule has 11 heteroatoms. The van der Waals surface area contributed by atoms with Crippen molar-refractivity contribution in [1.82, 2.24) is 5.43 Å². The minimum Gasteiger partial charge on any atom is -0.379 e. The fourth-order valence-corrected chi connectivity index (χ4v) is 3.41. The van der Waals surface area contributed by atoms with Gasteiger partial charge in [-0.05, 0) is 66.2 Å². The van der Waals surface area contributed by atoms with E-state index >= 15 is 0 Å². The van der Waals surface area contributed by atoms with E-state index in [4.69, 9.17) is 15.8 Å². The zero-order valence-corrected chi connectivity index (χ0v) is 17.2. The van der Waals surface area contributed by atoms with Crippen molar-refractivity contribution in [3.05, 3.63) is 99.1 Å². The van der Waals surface area contributed by atoms with Gasteiger partial charge in [-0.2, -0.15) is 13.5 Å². The van der Waals surface area contributed by atoms with Crippen LogP contribution < -0.4 is 9.61 Å². The minimum absolute atomic E-state index is 0.0423. The molecule has 31 heavy (non-hydrogen) atoms. The molecule has 3 rings (SSSR count). The number of nitro benzene ring substituents is 1. The average Bonchev–Trinajstić information content (AvgIpc) is 2.75. The molecule has 0 aromatic heterocycles. The Labute approximate surface area is 182 Å². The van der Waals surface area contributed by atoms with Crippen LogP contribution in [0.15, 0.2) is 82.8 Å². The number of non-ortho nitro benzene ring substituents is 1. The van der Waals surface area contributed by atoms with Gasteiger partial charge in [-0.15, -0.1) is 0 Å². The Balaban J connectivity index is 1.61. The van der Waals surface area contributed by atoms with Gasteiger partial charge in [0.15, 0.2) is 0 Å². The number of carbonyl (C=O) groups is 1. The molecule has 0 fully saturated rings. The number of carbonyl (C=O) groups excluding carboxylic acids is 1. The van der Waals surface area contributed by atoms with Crippen LogP contribution in [0.25, 0.3) is 0 Å². The molecule has 0 aliphatic rings. The molecule has 3 aromatic rings. The Bertz CT molecular complexity index is 1230. The van der Waals surface area contributed by atoms with Crippen LogP contribution in [0.3, 0.4) is 0 Å². The van der Waals surface area contributed by atoms with Crippen LogP contribution in [-0.2, 0) is 10.1 Å². The van der Waals surface area contributed by atoms with Crippen LogP contribution in [0.4, 0.5) is 5.69 Å². The van der Waals surface area contributed by atoms with E-state index in [2.05, 4.69) is 10.5 Å². The summed E-state index contributed by atoms with van der Waals surface area (Å²) in [5, 5.41) is 15.0. The predicted molar refractivity (Wildman–Crippen MR) is 114 cm³/mol. The van der Waals surface area contributed by atoms with Crippen LogP contribution in [-0.4, -0.2) is 25.5 Å². The van der Waals surface area contributed by atoms with E-state index in [1.165, 1.54) is 18.3 Å². The third-order valence-electron chi connectivity index (χ3n) is 3.91. The smallest absolute Gasteiger partial charge is 0.339 e. The average molecular weight is 460 g/mol. The number of hydrogen-bond donors (Lipinski definition) is 1. The molecule has 0 atom stereocenters. The normalized spacial score (nSPS) is 11.3. The zero-order valence-electron chi connectivity index (χ0n) is 15.6. The Morgan fingerprint density at radius 3 is 2.19 bits per heavy atom. The maximum absolute atomic E-state index is 12.3. The molecule has 0 bridgehead atoms. The lowest BCUT2D eigenvalue weighted by atomic mass is 10.2. The van der Waals surface area contributed by atoms with E-state index in [-0.39, 0.29) is 16.3 Å².